The number of hydrogen-bond acceptors (Lipinski definition) is 1. The standard InChI is InChI=1S/C12H18O/c1-3-4-12(13)9-11-7-5-10(2)6-8-11/h5-8,12-13H,3-4,9H2,1-2H3. The van der Waals surface area contributed by atoms with Gasteiger partial charge in [0.15, 0.2) is 0 Å². The summed E-state index contributed by atoms with van der Waals surface area (Å²) in [5.74, 6) is 0. The highest BCUT2D eigenvalue weighted by Crippen LogP contribution is 2.08. The molecule has 0 fully saturated rings. The molecule has 1 rings (SSSR count). The number of benzene rings is 1. The van der Waals surface area contributed by atoms with Crippen LogP contribution in [0.25, 0.3) is 0 Å². The van der Waals surface area contributed by atoms with Gasteiger partial charge in [0.05, 0.1) is 6.10 Å². The van der Waals surface area contributed by atoms with E-state index in [9.17, 15) is 5.11 Å². The molecule has 0 radical (unpaired) electrons. The van der Waals surface area contributed by atoms with E-state index < -0.39 is 0 Å². The van der Waals surface area contributed by atoms with Crippen molar-refractivity contribution in [3.05, 3.63) is 35.4 Å². The van der Waals surface area contributed by atoms with Crippen LogP contribution in [-0.2, 0) is 6.42 Å². The fourth-order valence-electron chi connectivity index (χ4n) is 1.43. The molecule has 1 unspecified atom stereocenters. The van der Waals surface area contributed by atoms with E-state index >= 15 is 0 Å². The van der Waals surface area contributed by atoms with Crippen molar-refractivity contribution in [3.8, 4) is 0 Å². The number of rotatable bonds is 4. The molecule has 1 nitrogen and oxygen atoms in total. The Morgan fingerprint density at radius 2 is 1.85 bits per heavy atom. The van der Waals surface area contributed by atoms with E-state index in [2.05, 4.69) is 38.1 Å². The summed E-state index contributed by atoms with van der Waals surface area (Å²) in [4.78, 5) is 0. The van der Waals surface area contributed by atoms with Crippen LogP contribution >= 0.6 is 0 Å². The minimum absolute atomic E-state index is 0.173. The molecule has 0 spiro atoms. The monoisotopic (exact) mass is 178 g/mol. The van der Waals surface area contributed by atoms with Crippen LogP contribution in [0, 0.1) is 6.92 Å². The van der Waals surface area contributed by atoms with Crippen molar-refractivity contribution in [3.63, 3.8) is 0 Å². The van der Waals surface area contributed by atoms with Crippen LogP contribution in [0.3, 0.4) is 0 Å². The van der Waals surface area contributed by atoms with E-state index in [1.165, 1.54) is 11.1 Å². The maximum Gasteiger partial charge on any atom is 0.0580 e. The van der Waals surface area contributed by atoms with Gasteiger partial charge in [-0.3, -0.25) is 0 Å². The lowest BCUT2D eigenvalue weighted by Gasteiger charge is -2.08. The Hall–Kier alpha value is -0.820. The molecule has 0 saturated heterocycles. The van der Waals surface area contributed by atoms with Gasteiger partial charge >= 0.3 is 0 Å². The molecule has 0 aliphatic rings. The summed E-state index contributed by atoms with van der Waals surface area (Å²) in [6.07, 6.45) is 2.56. The van der Waals surface area contributed by atoms with Crippen molar-refractivity contribution >= 4 is 0 Å². The predicted molar refractivity (Wildman–Crippen MR) is 55.8 cm³/mol. The van der Waals surface area contributed by atoms with E-state index in [0.717, 1.165) is 19.3 Å². The second kappa shape index (κ2) is 5.03. The molecule has 0 bridgehead atoms. The van der Waals surface area contributed by atoms with Crippen LogP contribution in [0.15, 0.2) is 24.3 Å². The smallest absolute Gasteiger partial charge is 0.0580 e. The molecular weight excluding hydrogens is 160 g/mol. The van der Waals surface area contributed by atoms with Gasteiger partial charge in [0, 0.05) is 0 Å². The second-order valence-corrected chi connectivity index (χ2v) is 3.63. The topological polar surface area (TPSA) is 20.2 Å². The molecule has 0 aliphatic carbocycles. The zero-order chi connectivity index (χ0) is 9.68. The van der Waals surface area contributed by atoms with Crippen LogP contribution in [0.5, 0.6) is 0 Å². The van der Waals surface area contributed by atoms with Crippen LogP contribution in [0.1, 0.15) is 30.9 Å². The zero-order valence-corrected chi connectivity index (χ0v) is 8.46. The third-order valence-electron chi connectivity index (χ3n) is 2.21. The second-order valence-electron chi connectivity index (χ2n) is 3.63. The first-order valence-electron chi connectivity index (χ1n) is 4.96. The van der Waals surface area contributed by atoms with Gasteiger partial charge in [-0.2, -0.15) is 0 Å². The molecule has 1 heteroatoms. The van der Waals surface area contributed by atoms with Crippen molar-refractivity contribution in [2.75, 3.05) is 0 Å². The maximum absolute atomic E-state index is 9.57. The van der Waals surface area contributed by atoms with Crippen molar-refractivity contribution in [2.24, 2.45) is 0 Å². The number of hydrogen-bond donors (Lipinski definition) is 1. The molecule has 0 saturated carbocycles. The fourth-order valence-corrected chi connectivity index (χ4v) is 1.43. The zero-order valence-electron chi connectivity index (χ0n) is 8.46. The number of aliphatic hydroxyl groups is 1. The van der Waals surface area contributed by atoms with Crippen LogP contribution < -0.4 is 0 Å². The van der Waals surface area contributed by atoms with Crippen LogP contribution in [0.4, 0.5) is 0 Å². The van der Waals surface area contributed by atoms with E-state index in [1.807, 2.05) is 0 Å². The summed E-state index contributed by atoms with van der Waals surface area (Å²) in [7, 11) is 0. The van der Waals surface area contributed by atoms with Gasteiger partial charge in [0.1, 0.15) is 0 Å². The average molecular weight is 178 g/mol. The lowest BCUT2D eigenvalue weighted by atomic mass is 10.0. The number of aliphatic hydroxyl groups excluding tert-OH is 1. The SMILES string of the molecule is CCCC(O)Cc1ccc(C)cc1. The molecule has 1 N–H and O–H groups in total. The molecule has 1 aromatic rings. The van der Waals surface area contributed by atoms with E-state index in [1.54, 1.807) is 0 Å². The molecule has 72 valence electrons. The number of aryl methyl sites for hydroxylation is 1. The highest BCUT2D eigenvalue weighted by Gasteiger charge is 2.03. The summed E-state index contributed by atoms with van der Waals surface area (Å²) in [6, 6.07) is 8.37. The summed E-state index contributed by atoms with van der Waals surface area (Å²) >= 11 is 0. The molecule has 13 heavy (non-hydrogen) atoms. The van der Waals surface area contributed by atoms with Gasteiger partial charge in [0.2, 0.25) is 0 Å². The summed E-state index contributed by atoms with van der Waals surface area (Å²) in [5.41, 5.74) is 2.50. The minimum Gasteiger partial charge on any atom is -0.393 e. The Morgan fingerprint density at radius 1 is 1.23 bits per heavy atom. The molecule has 0 aliphatic heterocycles. The van der Waals surface area contributed by atoms with Crippen LogP contribution in [-0.4, -0.2) is 11.2 Å². The van der Waals surface area contributed by atoms with E-state index in [-0.39, 0.29) is 6.10 Å². The van der Waals surface area contributed by atoms with Crippen molar-refractivity contribution in [2.45, 2.75) is 39.2 Å². The molecular formula is C12H18O. The Morgan fingerprint density at radius 3 is 2.38 bits per heavy atom. The largest absolute Gasteiger partial charge is 0.393 e. The van der Waals surface area contributed by atoms with Crippen molar-refractivity contribution < 1.29 is 5.11 Å². The van der Waals surface area contributed by atoms with Crippen LogP contribution in [0.2, 0.25) is 0 Å². The maximum atomic E-state index is 9.57. The summed E-state index contributed by atoms with van der Waals surface area (Å²) in [6.45, 7) is 4.17. The highest BCUT2D eigenvalue weighted by molar-refractivity contribution is 5.21. The molecule has 1 aromatic carbocycles. The van der Waals surface area contributed by atoms with Crippen molar-refractivity contribution in [1.82, 2.24) is 0 Å². The molecule has 0 aromatic heterocycles. The fraction of sp³-hybridized carbons (Fsp3) is 0.500. The first-order valence-corrected chi connectivity index (χ1v) is 4.96. The van der Waals surface area contributed by atoms with E-state index in [0.29, 0.717) is 0 Å². The summed E-state index contributed by atoms with van der Waals surface area (Å²) < 4.78 is 0. The van der Waals surface area contributed by atoms with Gasteiger partial charge in [-0.05, 0) is 25.3 Å². The van der Waals surface area contributed by atoms with Gasteiger partial charge < -0.3 is 5.11 Å². The van der Waals surface area contributed by atoms with Gasteiger partial charge in [0.25, 0.3) is 0 Å². The average Bonchev–Trinajstić information content (AvgIpc) is 2.09. The Bertz CT molecular complexity index is 238. The minimum atomic E-state index is -0.173. The third-order valence-corrected chi connectivity index (χ3v) is 2.21. The normalized spacial score (nSPS) is 12.8. The van der Waals surface area contributed by atoms with Gasteiger partial charge in [-0.1, -0.05) is 43.2 Å². The first-order chi connectivity index (χ1) is 6.22. The lowest BCUT2D eigenvalue weighted by Crippen LogP contribution is -2.09. The first kappa shape index (κ1) is 10.3. The third kappa shape index (κ3) is 3.60. The van der Waals surface area contributed by atoms with Crippen molar-refractivity contribution in [1.29, 1.82) is 0 Å². The van der Waals surface area contributed by atoms with Gasteiger partial charge in [-0.25, -0.2) is 0 Å². The quantitative estimate of drug-likeness (QED) is 0.751. The Labute approximate surface area is 80.4 Å². The predicted octanol–water partition coefficient (Wildman–Crippen LogP) is 2.70. The van der Waals surface area contributed by atoms with E-state index in [4.69, 9.17) is 0 Å². The molecule has 1 atom stereocenters. The molecule has 0 amide bonds. The lowest BCUT2D eigenvalue weighted by molar-refractivity contribution is 0.164. The van der Waals surface area contributed by atoms with Gasteiger partial charge in [-0.15, -0.1) is 0 Å². The summed E-state index contributed by atoms with van der Waals surface area (Å²) in [5, 5.41) is 9.57. The Balaban J connectivity index is 2.49. The molecule has 0 heterocycles. The Kier molecular flexibility index (Phi) is 3.97. The highest BCUT2D eigenvalue weighted by atomic mass is 16.3.